The average molecular weight is 204 g/mol. The topological polar surface area (TPSA) is 43.4 Å². The first kappa shape index (κ1) is 11.2. The van der Waals surface area contributed by atoms with Crippen LogP contribution in [-0.4, -0.2) is 11.9 Å². The van der Waals surface area contributed by atoms with Crippen molar-refractivity contribution in [3.63, 3.8) is 0 Å². The molecule has 3 nitrogen and oxygen atoms in total. The van der Waals surface area contributed by atoms with Crippen LogP contribution in [0.1, 0.15) is 23.7 Å². The second kappa shape index (κ2) is 5.10. The minimum atomic E-state index is -0.661. The van der Waals surface area contributed by atoms with E-state index in [4.69, 9.17) is 0 Å². The van der Waals surface area contributed by atoms with Gasteiger partial charge in [0.05, 0.1) is 5.56 Å². The molecular weight excluding hydrogens is 192 g/mol. The van der Waals surface area contributed by atoms with Gasteiger partial charge in [-0.05, 0) is 18.6 Å². The van der Waals surface area contributed by atoms with E-state index in [0.717, 1.165) is 0 Å². The summed E-state index contributed by atoms with van der Waals surface area (Å²) in [6.07, 6.45) is 0.473. The lowest BCUT2D eigenvalue weighted by Crippen LogP contribution is -2.13. The molecule has 0 radical (unpaired) electrons. The molecule has 0 amide bonds. The molecule has 0 saturated heterocycles. The molecule has 1 aromatic rings. The monoisotopic (exact) mass is 204 g/mol. The summed E-state index contributed by atoms with van der Waals surface area (Å²) in [5, 5.41) is 0. The van der Waals surface area contributed by atoms with E-state index >= 15 is 0 Å². The van der Waals surface area contributed by atoms with Crippen LogP contribution in [0.15, 0.2) is 42.5 Å². The summed E-state index contributed by atoms with van der Waals surface area (Å²) < 4.78 is 4.61. The Hall–Kier alpha value is -1.90. The molecule has 15 heavy (non-hydrogen) atoms. The summed E-state index contributed by atoms with van der Waals surface area (Å²) in [6.45, 7) is 5.27. The SMILES string of the molecule is C=C(CC)C(=O)OC(=O)c1ccccc1. The van der Waals surface area contributed by atoms with Gasteiger partial charge in [0, 0.05) is 5.57 Å². The number of carbonyl (C=O) groups excluding carboxylic acids is 2. The van der Waals surface area contributed by atoms with Gasteiger partial charge in [0.25, 0.3) is 0 Å². The Labute approximate surface area is 88.4 Å². The van der Waals surface area contributed by atoms with Crippen molar-refractivity contribution in [3.8, 4) is 0 Å². The second-order valence-electron chi connectivity index (χ2n) is 3.00. The van der Waals surface area contributed by atoms with Gasteiger partial charge in [-0.1, -0.05) is 31.7 Å². The van der Waals surface area contributed by atoms with E-state index in [-0.39, 0.29) is 0 Å². The van der Waals surface area contributed by atoms with Crippen molar-refractivity contribution in [2.45, 2.75) is 13.3 Å². The van der Waals surface area contributed by atoms with Gasteiger partial charge in [0.2, 0.25) is 0 Å². The third-order valence-electron chi connectivity index (χ3n) is 1.91. The molecule has 78 valence electrons. The summed E-state index contributed by atoms with van der Waals surface area (Å²) in [6, 6.07) is 8.36. The first-order chi connectivity index (χ1) is 7.15. The third-order valence-corrected chi connectivity index (χ3v) is 1.91. The Morgan fingerprint density at radius 2 is 1.87 bits per heavy atom. The maximum absolute atomic E-state index is 11.4. The molecule has 0 bridgehead atoms. The van der Waals surface area contributed by atoms with Crippen LogP contribution in [0.2, 0.25) is 0 Å². The maximum Gasteiger partial charge on any atom is 0.346 e. The van der Waals surface area contributed by atoms with Gasteiger partial charge in [-0.2, -0.15) is 0 Å². The van der Waals surface area contributed by atoms with Gasteiger partial charge < -0.3 is 4.74 Å². The van der Waals surface area contributed by atoms with E-state index in [0.29, 0.717) is 17.6 Å². The minimum absolute atomic E-state index is 0.291. The summed E-state index contributed by atoms with van der Waals surface area (Å²) in [4.78, 5) is 22.6. The van der Waals surface area contributed by atoms with E-state index in [2.05, 4.69) is 11.3 Å². The van der Waals surface area contributed by atoms with Crippen LogP contribution in [0, 0.1) is 0 Å². The van der Waals surface area contributed by atoms with Gasteiger partial charge in [0.15, 0.2) is 0 Å². The zero-order valence-electron chi connectivity index (χ0n) is 8.53. The Morgan fingerprint density at radius 1 is 1.27 bits per heavy atom. The molecule has 0 fully saturated rings. The highest BCUT2D eigenvalue weighted by molar-refractivity contribution is 6.01. The highest BCUT2D eigenvalue weighted by Crippen LogP contribution is 2.05. The summed E-state index contributed by atoms with van der Waals surface area (Å²) in [5.41, 5.74) is 0.647. The molecule has 0 aromatic heterocycles. The predicted molar refractivity (Wildman–Crippen MR) is 56.3 cm³/mol. The van der Waals surface area contributed by atoms with Gasteiger partial charge in [-0.3, -0.25) is 0 Å². The Balaban J connectivity index is 2.65. The van der Waals surface area contributed by atoms with Crippen molar-refractivity contribution >= 4 is 11.9 Å². The Bertz CT molecular complexity index is 379. The van der Waals surface area contributed by atoms with E-state index in [1.165, 1.54) is 0 Å². The molecule has 0 atom stereocenters. The van der Waals surface area contributed by atoms with E-state index in [9.17, 15) is 9.59 Å². The molecule has 0 heterocycles. The van der Waals surface area contributed by atoms with Gasteiger partial charge in [-0.15, -0.1) is 0 Å². The number of hydrogen-bond acceptors (Lipinski definition) is 3. The van der Waals surface area contributed by atoms with Crippen molar-refractivity contribution in [2.24, 2.45) is 0 Å². The van der Waals surface area contributed by atoms with Gasteiger partial charge in [0.1, 0.15) is 0 Å². The van der Waals surface area contributed by atoms with Crippen molar-refractivity contribution in [1.29, 1.82) is 0 Å². The Kier molecular flexibility index (Phi) is 3.80. The van der Waals surface area contributed by atoms with E-state index in [1.807, 2.05) is 0 Å². The largest absolute Gasteiger partial charge is 0.386 e. The summed E-state index contributed by atoms with van der Waals surface area (Å²) in [5.74, 6) is -1.30. The summed E-state index contributed by atoms with van der Waals surface area (Å²) >= 11 is 0. The number of rotatable bonds is 3. The van der Waals surface area contributed by atoms with Gasteiger partial charge in [-0.25, -0.2) is 9.59 Å². The lowest BCUT2D eigenvalue weighted by Gasteiger charge is -2.03. The highest BCUT2D eigenvalue weighted by atomic mass is 16.6. The fourth-order valence-corrected chi connectivity index (χ4v) is 0.934. The molecule has 0 unspecified atom stereocenters. The van der Waals surface area contributed by atoms with Crippen LogP contribution >= 0.6 is 0 Å². The number of esters is 2. The van der Waals surface area contributed by atoms with E-state index in [1.54, 1.807) is 37.3 Å². The molecule has 1 aromatic carbocycles. The number of ether oxygens (including phenoxy) is 1. The molecule has 0 spiro atoms. The lowest BCUT2D eigenvalue weighted by atomic mass is 10.2. The molecule has 0 N–H and O–H groups in total. The van der Waals surface area contributed by atoms with Crippen molar-refractivity contribution in [2.75, 3.05) is 0 Å². The standard InChI is InChI=1S/C12H12O3/c1-3-9(2)11(13)15-12(14)10-7-5-4-6-8-10/h4-8H,2-3H2,1H3. The van der Waals surface area contributed by atoms with Crippen molar-refractivity contribution in [1.82, 2.24) is 0 Å². The molecular formula is C12H12O3. The third kappa shape index (κ3) is 3.06. The highest BCUT2D eigenvalue weighted by Gasteiger charge is 2.13. The molecule has 0 aliphatic rings. The molecule has 3 heteroatoms. The lowest BCUT2D eigenvalue weighted by molar-refractivity contribution is -0.133. The minimum Gasteiger partial charge on any atom is -0.386 e. The fraction of sp³-hybridized carbons (Fsp3) is 0.167. The Morgan fingerprint density at radius 3 is 2.40 bits per heavy atom. The smallest absolute Gasteiger partial charge is 0.346 e. The molecule has 0 aliphatic carbocycles. The first-order valence-corrected chi connectivity index (χ1v) is 4.64. The number of benzene rings is 1. The predicted octanol–water partition coefficient (Wildman–Crippen LogP) is 2.34. The zero-order valence-corrected chi connectivity index (χ0v) is 8.53. The first-order valence-electron chi connectivity index (χ1n) is 4.64. The molecule has 0 aliphatic heterocycles. The summed E-state index contributed by atoms with van der Waals surface area (Å²) in [7, 11) is 0. The zero-order chi connectivity index (χ0) is 11.3. The van der Waals surface area contributed by atoms with E-state index < -0.39 is 11.9 Å². The van der Waals surface area contributed by atoms with Crippen molar-refractivity contribution < 1.29 is 14.3 Å². The quantitative estimate of drug-likeness (QED) is 0.431. The van der Waals surface area contributed by atoms with Crippen LogP contribution in [0.5, 0.6) is 0 Å². The van der Waals surface area contributed by atoms with Gasteiger partial charge >= 0.3 is 11.9 Å². The normalized spacial score (nSPS) is 9.40. The second-order valence-corrected chi connectivity index (χ2v) is 3.00. The van der Waals surface area contributed by atoms with Crippen LogP contribution in [0.3, 0.4) is 0 Å². The number of carbonyl (C=O) groups is 2. The average Bonchev–Trinajstić information content (AvgIpc) is 2.29. The van der Waals surface area contributed by atoms with Crippen LogP contribution < -0.4 is 0 Å². The van der Waals surface area contributed by atoms with Crippen LogP contribution in [-0.2, 0) is 9.53 Å². The van der Waals surface area contributed by atoms with Crippen LogP contribution in [0.4, 0.5) is 0 Å². The van der Waals surface area contributed by atoms with Crippen LogP contribution in [0.25, 0.3) is 0 Å². The fourth-order valence-electron chi connectivity index (χ4n) is 0.934. The van der Waals surface area contributed by atoms with Crippen molar-refractivity contribution in [3.05, 3.63) is 48.0 Å². The molecule has 1 rings (SSSR count). The number of hydrogen-bond donors (Lipinski definition) is 0. The molecule has 0 saturated carbocycles. The maximum atomic E-state index is 11.4.